The van der Waals surface area contributed by atoms with Gasteiger partial charge in [0.15, 0.2) is 12.4 Å². The normalized spacial score (nSPS) is 11.7. The van der Waals surface area contributed by atoms with Crippen LogP contribution in [0.4, 0.5) is 17.6 Å². The van der Waals surface area contributed by atoms with E-state index in [0.29, 0.717) is 10.9 Å². The van der Waals surface area contributed by atoms with Crippen molar-refractivity contribution in [2.24, 2.45) is 0 Å². The summed E-state index contributed by atoms with van der Waals surface area (Å²) in [6, 6.07) is 6.85. The van der Waals surface area contributed by atoms with Gasteiger partial charge in [-0.15, -0.1) is 0 Å². The average molecular weight is 323 g/mol. The predicted molar refractivity (Wildman–Crippen MR) is 72.9 cm³/mol. The Hall–Kier alpha value is -2.90. The summed E-state index contributed by atoms with van der Waals surface area (Å²) in [4.78, 5) is 0. The van der Waals surface area contributed by atoms with Crippen LogP contribution in [0, 0.1) is 11.0 Å². The van der Waals surface area contributed by atoms with Gasteiger partial charge in [0.25, 0.3) is 0 Å². The topological polar surface area (TPSA) is 44.8 Å². The molecule has 0 atom stereocenters. The highest BCUT2D eigenvalue weighted by atomic mass is 19.4. The minimum absolute atomic E-state index is 0.00507. The van der Waals surface area contributed by atoms with Crippen LogP contribution in [-0.2, 0) is 6.18 Å². The molecule has 0 radical (unpaired) electrons. The van der Waals surface area contributed by atoms with Crippen molar-refractivity contribution >= 4 is 0 Å². The first kappa shape index (κ1) is 15.0. The van der Waals surface area contributed by atoms with Gasteiger partial charge in [0, 0.05) is 17.8 Å². The Bertz CT molecular complexity index is 858. The van der Waals surface area contributed by atoms with Gasteiger partial charge < -0.3 is 5.21 Å². The van der Waals surface area contributed by atoms with Crippen LogP contribution in [0.3, 0.4) is 0 Å². The lowest BCUT2D eigenvalue weighted by Crippen LogP contribution is -2.24. The molecule has 8 heteroatoms. The Labute approximate surface area is 127 Å². The minimum Gasteiger partial charge on any atom is -0.619 e. The molecule has 0 saturated carbocycles. The molecular weight excluding hydrogens is 314 g/mol. The minimum atomic E-state index is -4.55. The van der Waals surface area contributed by atoms with Gasteiger partial charge in [-0.2, -0.15) is 23.0 Å². The van der Waals surface area contributed by atoms with E-state index in [0.717, 1.165) is 23.1 Å². The fourth-order valence-corrected chi connectivity index (χ4v) is 2.19. The fraction of sp³-hybridized carbons (Fsp3) is 0.0667. The van der Waals surface area contributed by atoms with Crippen LogP contribution >= 0.6 is 0 Å². The number of halogens is 4. The molecule has 0 unspecified atom stereocenters. The van der Waals surface area contributed by atoms with Gasteiger partial charge in [0.05, 0.1) is 23.0 Å². The van der Waals surface area contributed by atoms with Crippen LogP contribution < -0.4 is 4.73 Å². The third-order valence-corrected chi connectivity index (χ3v) is 3.21. The molecule has 118 valence electrons. The molecule has 3 rings (SSSR count). The predicted octanol–water partition coefficient (Wildman–Crippen LogP) is 3.33. The average Bonchev–Trinajstić information content (AvgIpc) is 2.96. The summed E-state index contributed by atoms with van der Waals surface area (Å²) < 4.78 is 53.7. The Morgan fingerprint density at radius 3 is 2.57 bits per heavy atom. The molecule has 0 aliphatic rings. The largest absolute Gasteiger partial charge is 0.619 e. The fourth-order valence-electron chi connectivity index (χ4n) is 2.19. The van der Waals surface area contributed by atoms with E-state index in [1.54, 1.807) is 0 Å². The lowest BCUT2D eigenvalue weighted by atomic mass is 10.0. The lowest BCUT2D eigenvalue weighted by Gasteiger charge is -2.10. The lowest BCUT2D eigenvalue weighted by molar-refractivity contribution is -0.604. The van der Waals surface area contributed by atoms with E-state index >= 15 is 0 Å². The summed E-state index contributed by atoms with van der Waals surface area (Å²) in [6.07, 6.45) is -0.758. The van der Waals surface area contributed by atoms with Crippen LogP contribution in [0.15, 0.2) is 55.1 Å². The molecule has 2 heterocycles. The van der Waals surface area contributed by atoms with Gasteiger partial charge in [-0.25, -0.2) is 9.07 Å². The van der Waals surface area contributed by atoms with Crippen molar-refractivity contribution in [3.8, 4) is 16.8 Å². The summed E-state index contributed by atoms with van der Waals surface area (Å²) in [5.41, 5.74) is -0.611. The molecule has 0 saturated heterocycles. The number of pyridine rings is 1. The zero-order valence-corrected chi connectivity index (χ0v) is 11.5. The second-order valence-corrected chi connectivity index (χ2v) is 4.76. The molecule has 0 aliphatic heterocycles. The highest BCUT2D eigenvalue weighted by Crippen LogP contribution is 2.32. The van der Waals surface area contributed by atoms with Gasteiger partial charge in [-0.05, 0) is 18.2 Å². The molecule has 3 aromatic rings. The van der Waals surface area contributed by atoms with Crippen LogP contribution in [0.5, 0.6) is 0 Å². The smallest absolute Gasteiger partial charge is 0.419 e. The zero-order chi connectivity index (χ0) is 16.6. The Kier molecular flexibility index (Phi) is 3.51. The molecule has 1 aromatic carbocycles. The summed E-state index contributed by atoms with van der Waals surface area (Å²) in [5.74, 6) is -0.669. The molecule has 0 amide bonds. The number of alkyl halides is 3. The van der Waals surface area contributed by atoms with Crippen molar-refractivity contribution in [3.63, 3.8) is 0 Å². The van der Waals surface area contributed by atoms with E-state index in [2.05, 4.69) is 5.10 Å². The number of rotatable bonds is 2. The van der Waals surface area contributed by atoms with Crippen molar-refractivity contribution in [1.82, 2.24) is 9.78 Å². The van der Waals surface area contributed by atoms with Crippen LogP contribution in [0.2, 0.25) is 0 Å². The Balaban J connectivity index is 2.18. The molecule has 0 spiro atoms. The summed E-state index contributed by atoms with van der Waals surface area (Å²) in [5, 5.41) is 15.0. The van der Waals surface area contributed by atoms with E-state index in [-0.39, 0.29) is 16.8 Å². The second kappa shape index (κ2) is 5.38. The highest BCUT2D eigenvalue weighted by Gasteiger charge is 2.32. The monoisotopic (exact) mass is 323 g/mol. The van der Waals surface area contributed by atoms with Crippen LogP contribution in [0.1, 0.15) is 5.56 Å². The van der Waals surface area contributed by atoms with Gasteiger partial charge in [0.1, 0.15) is 5.82 Å². The van der Waals surface area contributed by atoms with E-state index in [4.69, 9.17) is 0 Å². The zero-order valence-electron chi connectivity index (χ0n) is 11.5. The summed E-state index contributed by atoms with van der Waals surface area (Å²) in [7, 11) is 0. The number of aromatic nitrogens is 3. The van der Waals surface area contributed by atoms with Gasteiger partial charge in [-0.1, -0.05) is 6.07 Å². The number of hydrogen-bond donors (Lipinski definition) is 0. The van der Waals surface area contributed by atoms with Gasteiger partial charge in [0.2, 0.25) is 0 Å². The second-order valence-electron chi connectivity index (χ2n) is 4.76. The molecule has 4 nitrogen and oxygen atoms in total. The molecule has 23 heavy (non-hydrogen) atoms. The van der Waals surface area contributed by atoms with Crippen molar-refractivity contribution in [2.75, 3.05) is 0 Å². The molecule has 0 bridgehead atoms. The molecule has 0 N–H and O–H groups in total. The maximum absolute atomic E-state index is 14.2. The number of hydrogen-bond acceptors (Lipinski definition) is 2. The summed E-state index contributed by atoms with van der Waals surface area (Å²) in [6.45, 7) is 0. The summed E-state index contributed by atoms with van der Waals surface area (Å²) >= 11 is 0. The first-order valence-corrected chi connectivity index (χ1v) is 6.46. The Morgan fingerprint density at radius 2 is 1.91 bits per heavy atom. The maximum atomic E-state index is 14.2. The molecule has 2 aromatic heterocycles. The van der Waals surface area contributed by atoms with E-state index in [9.17, 15) is 22.8 Å². The first-order chi connectivity index (χ1) is 10.9. The van der Waals surface area contributed by atoms with Crippen molar-refractivity contribution < 1.29 is 22.3 Å². The van der Waals surface area contributed by atoms with Crippen LogP contribution in [-0.4, -0.2) is 9.78 Å². The highest BCUT2D eigenvalue weighted by molar-refractivity contribution is 5.72. The number of nitrogens with zero attached hydrogens (tertiary/aromatic N) is 3. The third-order valence-electron chi connectivity index (χ3n) is 3.21. The van der Waals surface area contributed by atoms with Gasteiger partial charge >= 0.3 is 6.18 Å². The standard InChI is InChI=1S/C15H9F4N3O/c16-12-4-1-5-13(14(12)10-3-2-6-21(23)8-10)22-9-11(7-20-22)15(17,18)19/h1-9H. The molecular formula is C15H9F4N3O. The van der Waals surface area contributed by atoms with Crippen molar-refractivity contribution in [2.45, 2.75) is 6.18 Å². The first-order valence-electron chi connectivity index (χ1n) is 6.46. The van der Waals surface area contributed by atoms with Crippen molar-refractivity contribution in [1.29, 1.82) is 0 Å². The van der Waals surface area contributed by atoms with E-state index < -0.39 is 17.6 Å². The van der Waals surface area contributed by atoms with Crippen LogP contribution in [0.25, 0.3) is 16.8 Å². The quantitative estimate of drug-likeness (QED) is 0.412. The SMILES string of the molecule is [O-][n+]1cccc(-c2c(F)cccc2-n2cc(C(F)(F)F)cn2)c1. The molecule has 0 fully saturated rings. The van der Waals surface area contributed by atoms with E-state index in [1.807, 2.05) is 0 Å². The van der Waals surface area contributed by atoms with E-state index in [1.165, 1.54) is 30.5 Å². The van der Waals surface area contributed by atoms with Crippen molar-refractivity contribution in [3.05, 3.63) is 71.7 Å². The number of benzene rings is 1. The maximum Gasteiger partial charge on any atom is 0.419 e. The molecule has 0 aliphatic carbocycles. The Morgan fingerprint density at radius 1 is 1.13 bits per heavy atom. The van der Waals surface area contributed by atoms with Gasteiger partial charge in [-0.3, -0.25) is 0 Å². The third kappa shape index (κ3) is 2.87.